The Bertz CT molecular complexity index is 1460. The van der Waals surface area contributed by atoms with Crippen molar-refractivity contribution in [3.8, 4) is 11.4 Å². The summed E-state index contributed by atoms with van der Waals surface area (Å²) in [5.74, 6) is -0.256. The van der Waals surface area contributed by atoms with Crippen LogP contribution in [0.25, 0.3) is 33.5 Å². The minimum absolute atomic E-state index is 0.0292. The molecule has 1 aliphatic heterocycles. The maximum absolute atomic E-state index is 13.8. The van der Waals surface area contributed by atoms with Crippen molar-refractivity contribution >= 4 is 36.0 Å². The van der Waals surface area contributed by atoms with E-state index in [1.54, 1.807) is 30.2 Å². The molecule has 11 heteroatoms. The van der Waals surface area contributed by atoms with Crippen LogP contribution >= 0.6 is 0 Å². The van der Waals surface area contributed by atoms with Gasteiger partial charge in [-0.3, -0.25) is 9.48 Å². The summed E-state index contributed by atoms with van der Waals surface area (Å²) in [4.78, 5) is 22.9. The van der Waals surface area contributed by atoms with Crippen LogP contribution in [-0.2, 0) is 23.3 Å². The van der Waals surface area contributed by atoms with Gasteiger partial charge in [-0.2, -0.15) is 5.10 Å². The molecule has 1 saturated heterocycles. The predicted octanol–water partition coefficient (Wildman–Crippen LogP) is 4.20. The highest BCUT2D eigenvalue weighted by atomic mass is 28.3. The zero-order valence-electron chi connectivity index (χ0n) is 21.9. The van der Waals surface area contributed by atoms with Gasteiger partial charge in [0.1, 0.15) is 29.5 Å². The van der Waals surface area contributed by atoms with Gasteiger partial charge in [0.25, 0.3) is 5.91 Å². The molecule has 3 aromatic heterocycles. The fraction of sp³-hybridized carbons (Fsp3) is 0.462. The molecule has 0 spiro atoms. The summed E-state index contributed by atoms with van der Waals surface area (Å²) >= 11 is 0. The van der Waals surface area contributed by atoms with E-state index in [1.165, 1.54) is 12.1 Å². The van der Waals surface area contributed by atoms with E-state index >= 15 is 0 Å². The molecule has 4 heterocycles. The van der Waals surface area contributed by atoms with E-state index in [0.717, 1.165) is 11.4 Å². The number of hydrogen-bond donors (Lipinski definition) is 1. The van der Waals surface area contributed by atoms with Crippen LogP contribution in [0.5, 0.6) is 0 Å². The Hall–Kier alpha value is -3.15. The first kappa shape index (κ1) is 25.5. The fourth-order valence-electron chi connectivity index (χ4n) is 4.34. The number of aryl methyl sites for hydroxylation is 1. The normalized spacial score (nSPS) is 15.3. The van der Waals surface area contributed by atoms with Crippen molar-refractivity contribution < 1.29 is 18.7 Å². The largest absolute Gasteiger partial charge is 0.381 e. The maximum atomic E-state index is 13.8. The first-order chi connectivity index (χ1) is 17.6. The number of nitrogens with zero attached hydrogens (tertiary/aromatic N) is 5. The standard InChI is InChI=1S/C26H33FN6O3Si/c1-16(17-13-36-14-17)29-26(34)20-12-33(15-35-8-9-37(3,4)5)25-24(20)30-21(11-28-25)23-19-7-6-18(27)10-22(19)32(2)31-23/h6-7,10-12,16-17H,8-9,13-15H2,1-5H3,(H,29,34)/t16-/m1/s1. The molecule has 1 aliphatic rings. The highest BCUT2D eigenvalue weighted by Gasteiger charge is 2.28. The molecule has 0 saturated carbocycles. The summed E-state index contributed by atoms with van der Waals surface area (Å²) in [7, 11) is 0.533. The molecule has 196 valence electrons. The van der Waals surface area contributed by atoms with E-state index in [-0.39, 0.29) is 24.5 Å². The number of benzene rings is 1. The molecular formula is C26H33FN6O3Si. The van der Waals surface area contributed by atoms with Crippen molar-refractivity contribution in [2.24, 2.45) is 13.0 Å². The Morgan fingerprint density at radius 1 is 1.32 bits per heavy atom. The molecule has 5 rings (SSSR count). The second-order valence-corrected chi connectivity index (χ2v) is 16.6. The Morgan fingerprint density at radius 3 is 2.81 bits per heavy atom. The quantitative estimate of drug-likeness (QED) is 0.260. The molecule has 4 aromatic rings. The van der Waals surface area contributed by atoms with Crippen molar-refractivity contribution in [1.82, 2.24) is 29.6 Å². The van der Waals surface area contributed by atoms with E-state index in [4.69, 9.17) is 14.5 Å². The molecule has 9 nitrogen and oxygen atoms in total. The van der Waals surface area contributed by atoms with Crippen LogP contribution in [0.4, 0.5) is 4.39 Å². The zero-order chi connectivity index (χ0) is 26.3. The molecule has 0 aliphatic carbocycles. The lowest BCUT2D eigenvalue weighted by Crippen LogP contribution is -2.46. The lowest BCUT2D eigenvalue weighted by Gasteiger charge is -2.31. The van der Waals surface area contributed by atoms with Crippen molar-refractivity contribution in [3.63, 3.8) is 0 Å². The summed E-state index contributed by atoms with van der Waals surface area (Å²) < 4.78 is 28.5. The van der Waals surface area contributed by atoms with Crippen LogP contribution in [0.3, 0.4) is 0 Å². The number of hydrogen-bond acceptors (Lipinski definition) is 6. The number of ether oxygens (including phenoxy) is 2. The monoisotopic (exact) mass is 524 g/mol. The summed E-state index contributed by atoms with van der Waals surface area (Å²) in [5, 5.41) is 8.42. The van der Waals surface area contributed by atoms with E-state index in [0.29, 0.717) is 59.4 Å². The summed E-state index contributed by atoms with van der Waals surface area (Å²) in [6, 6.07) is 5.54. The number of amides is 1. The Balaban J connectivity index is 1.51. The van der Waals surface area contributed by atoms with Crippen LogP contribution in [0.15, 0.2) is 30.6 Å². The molecule has 0 bridgehead atoms. The number of halogens is 1. The van der Waals surface area contributed by atoms with Crippen molar-refractivity contribution in [3.05, 3.63) is 42.0 Å². The average molecular weight is 525 g/mol. The van der Waals surface area contributed by atoms with Gasteiger partial charge in [0, 0.05) is 45.3 Å². The second kappa shape index (κ2) is 9.96. The second-order valence-electron chi connectivity index (χ2n) is 11.0. The molecule has 0 radical (unpaired) electrons. The third-order valence-electron chi connectivity index (χ3n) is 6.82. The third kappa shape index (κ3) is 5.29. The smallest absolute Gasteiger partial charge is 0.255 e. The lowest BCUT2D eigenvalue weighted by atomic mass is 9.99. The number of carbonyl (C=O) groups is 1. The van der Waals surface area contributed by atoms with Gasteiger partial charge < -0.3 is 19.4 Å². The van der Waals surface area contributed by atoms with Gasteiger partial charge in [0.15, 0.2) is 5.65 Å². The molecule has 1 fully saturated rings. The fourth-order valence-corrected chi connectivity index (χ4v) is 5.09. The maximum Gasteiger partial charge on any atom is 0.255 e. The van der Waals surface area contributed by atoms with E-state index in [1.807, 2.05) is 11.5 Å². The number of aromatic nitrogens is 5. The SMILES string of the molecule is C[C@@H](NC(=O)c1cn(COCC[Si](C)(C)C)c2ncc(-c3nn(C)c4cc(F)ccc34)nc12)C1COC1. The van der Waals surface area contributed by atoms with Gasteiger partial charge >= 0.3 is 0 Å². The highest BCUT2D eigenvalue weighted by molar-refractivity contribution is 6.76. The van der Waals surface area contributed by atoms with Crippen LogP contribution in [0.2, 0.25) is 25.7 Å². The first-order valence-electron chi connectivity index (χ1n) is 12.6. The van der Waals surface area contributed by atoms with Gasteiger partial charge in [0.05, 0.1) is 30.5 Å². The van der Waals surface area contributed by atoms with E-state index < -0.39 is 8.07 Å². The molecule has 1 atom stereocenters. The number of nitrogens with one attached hydrogen (secondary N) is 1. The van der Waals surface area contributed by atoms with Gasteiger partial charge in [-0.05, 0) is 31.2 Å². The van der Waals surface area contributed by atoms with Crippen molar-refractivity contribution in [2.75, 3.05) is 19.8 Å². The molecule has 37 heavy (non-hydrogen) atoms. The molecule has 1 aromatic carbocycles. The first-order valence-corrected chi connectivity index (χ1v) is 16.3. The number of carbonyl (C=O) groups excluding carboxylic acids is 1. The predicted molar refractivity (Wildman–Crippen MR) is 143 cm³/mol. The molecule has 1 N–H and O–H groups in total. The molecule has 1 amide bonds. The number of fused-ring (bicyclic) bond motifs is 2. The van der Waals surface area contributed by atoms with Crippen molar-refractivity contribution in [2.45, 2.75) is 45.4 Å². The minimum atomic E-state index is -1.23. The van der Waals surface area contributed by atoms with Gasteiger partial charge in [-0.15, -0.1) is 0 Å². The topological polar surface area (TPSA) is 96.1 Å². The zero-order valence-corrected chi connectivity index (χ0v) is 22.9. The van der Waals surface area contributed by atoms with Crippen LogP contribution in [0.1, 0.15) is 17.3 Å². The Morgan fingerprint density at radius 2 is 2.11 bits per heavy atom. The summed E-state index contributed by atoms with van der Waals surface area (Å²) in [6.07, 6.45) is 3.40. The van der Waals surface area contributed by atoms with Gasteiger partial charge in [-0.25, -0.2) is 14.4 Å². The van der Waals surface area contributed by atoms with Gasteiger partial charge in [-0.1, -0.05) is 19.6 Å². The summed E-state index contributed by atoms with van der Waals surface area (Å²) in [5.41, 5.74) is 3.21. The van der Waals surface area contributed by atoms with Crippen LogP contribution < -0.4 is 5.32 Å². The lowest BCUT2D eigenvalue weighted by molar-refractivity contribution is -0.0453. The van der Waals surface area contributed by atoms with E-state index in [2.05, 4.69) is 35.0 Å². The minimum Gasteiger partial charge on any atom is -0.381 e. The Labute approximate surface area is 216 Å². The average Bonchev–Trinajstić information content (AvgIpc) is 3.32. The highest BCUT2D eigenvalue weighted by Crippen LogP contribution is 2.29. The van der Waals surface area contributed by atoms with Crippen LogP contribution in [0, 0.1) is 11.7 Å². The van der Waals surface area contributed by atoms with Crippen molar-refractivity contribution in [1.29, 1.82) is 0 Å². The van der Waals surface area contributed by atoms with Crippen LogP contribution in [-0.4, -0.2) is 64.2 Å². The summed E-state index contributed by atoms with van der Waals surface area (Å²) in [6.45, 7) is 11.1. The molecular weight excluding hydrogens is 491 g/mol. The third-order valence-corrected chi connectivity index (χ3v) is 8.53. The molecule has 0 unspecified atom stereocenters. The van der Waals surface area contributed by atoms with E-state index in [9.17, 15) is 9.18 Å². The van der Waals surface area contributed by atoms with Gasteiger partial charge in [0.2, 0.25) is 0 Å². The Kier molecular flexibility index (Phi) is 6.86. The number of rotatable bonds is 9.